The first kappa shape index (κ1) is 26.8. The number of carbonyl (C=O) groups is 1. The number of rotatable bonds is 8. The molecule has 1 amide bonds. The SMILES string of the molecule is CCOc1c2c(c(OCC)c3ncccc13)C(=O)N(c1ccc(CS(=O)(=O)NC(C)(C)C)cc1C)C2O. The topological polar surface area (TPSA) is 118 Å². The second-order valence-corrected chi connectivity index (χ2v) is 11.7. The average molecular weight is 528 g/mol. The van der Waals surface area contributed by atoms with E-state index in [9.17, 15) is 18.3 Å². The van der Waals surface area contributed by atoms with Crippen molar-refractivity contribution in [2.45, 2.75) is 59.1 Å². The summed E-state index contributed by atoms with van der Waals surface area (Å²) in [6.45, 7) is 11.4. The number of aliphatic hydroxyl groups is 1. The van der Waals surface area contributed by atoms with Gasteiger partial charge in [0.25, 0.3) is 5.91 Å². The number of carbonyl (C=O) groups excluding carboxylic acids is 1. The highest BCUT2D eigenvalue weighted by atomic mass is 32.2. The fourth-order valence-electron chi connectivity index (χ4n) is 4.71. The van der Waals surface area contributed by atoms with Gasteiger partial charge in [-0.2, -0.15) is 0 Å². The van der Waals surface area contributed by atoms with E-state index in [0.29, 0.717) is 58.0 Å². The quantitative estimate of drug-likeness (QED) is 0.451. The number of nitrogens with one attached hydrogen (secondary N) is 1. The Bertz CT molecular complexity index is 1460. The molecule has 0 saturated carbocycles. The predicted octanol–water partition coefficient (Wildman–Crippen LogP) is 4.21. The molecule has 1 aliphatic rings. The Labute approximate surface area is 217 Å². The van der Waals surface area contributed by atoms with Gasteiger partial charge in [-0.3, -0.25) is 14.7 Å². The standard InChI is InChI=1S/C27H33N3O6S/c1-7-35-23-18-10-9-13-28-22(18)24(36-8-2)21-20(23)25(31)30(26(21)32)19-12-11-17(14-16(19)3)15-37(33,34)29-27(4,5)6/h9-14,25,29,31H,7-8,15H2,1-6H3. The fourth-order valence-corrected chi connectivity index (χ4v) is 6.34. The van der Waals surface area contributed by atoms with E-state index < -0.39 is 27.7 Å². The predicted molar refractivity (Wildman–Crippen MR) is 143 cm³/mol. The van der Waals surface area contributed by atoms with Crippen molar-refractivity contribution in [2.24, 2.45) is 0 Å². The number of benzene rings is 2. The first-order valence-corrected chi connectivity index (χ1v) is 13.9. The van der Waals surface area contributed by atoms with E-state index in [2.05, 4.69) is 9.71 Å². The van der Waals surface area contributed by atoms with Gasteiger partial charge in [-0.05, 0) is 70.9 Å². The largest absolute Gasteiger partial charge is 0.493 e. The van der Waals surface area contributed by atoms with Gasteiger partial charge in [-0.25, -0.2) is 13.1 Å². The maximum Gasteiger partial charge on any atom is 0.265 e. The average Bonchev–Trinajstić information content (AvgIpc) is 3.04. The molecule has 0 saturated heterocycles. The molecular weight excluding hydrogens is 494 g/mol. The van der Waals surface area contributed by atoms with Crippen LogP contribution < -0.4 is 19.1 Å². The van der Waals surface area contributed by atoms with Crippen molar-refractivity contribution in [3.8, 4) is 11.5 Å². The Hall–Kier alpha value is -3.21. The molecule has 0 aliphatic carbocycles. The second-order valence-electron chi connectivity index (χ2n) is 9.99. The molecule has 2 N–H and O–H groups in total. The van der Waals surface area contributed by atoms with Gasteiger partial charge in [0.2, 0.25) is 10.0 Å². The zero-order chi connectivity index (χ0) is 27.1. The van der Waals surface area contributed by atoms with Crippen LogP contribution in [0.3, 0.4) is 0 Å². The molecule has 1 atom stereocenters. The third-order valence-electron chi connectivity index (χ3n) is 5.86. The van der Waals surface area contributed by atoms with Crippen LogP contribution in [0.25, 0.3) is 10.9 Å². The van der Waals surface area contributed by atoms with Crippen LogP contribution >= 0.6 is 0 Å². The lowest BCUT2D eigenvalue weighted by Crippen LogP contribution is -2.41. The van der Waals surface area contributed by atoms with Gasteiger partial charge in [-0.15, -0.1) is 0 Å². The summed E-state index contributed by atoms with van der Waals surface area (Å²) < 4.78 is 39.6. The number of fused-ring (bicyclic) bond motifs is 2. The Morgan fingerprint density at radius 3 is 2.41 bits per heavy atom. The maximum absolute atomic E-state index is 13.8. The minimum absolute atomic E-state index is 0.206. The van der Waals surface area contributed by atoms with Crippen LogP contribution in [0, 0.1) is 6.92 Å². The van der Waals surface area contributed by atoms with Crippen LogP contribution in [0.5, 0.6) is 11.5 Å². The molecule has 10 heteroatoms. The van der Waals surface area contributed by atoms with Gasteiger partial charge in [0.05, 0.1) is 30.1 Å². The summed E-state index contributed by atoms with van der Waals surface area (Å²) in [5, 5.41) is 12.1. The molecule has 0 fully saturated rings. The molecule has 0 bridgehead atoms. The van der Waals surface area contributed by atoms with Crippen molar-refractivity contribution in [3.05, 3.63) is 58.8 Å². The van der Waals surface area contributed by atoms with E-state index in [1.165, 1.54) is 4.90 Å². The lowest BCUT2D eigenvalue weighted by atomic mass is 10.0. The van der Waals surface area contributed by atoms with E-state index in [1.807, 2.05) is 19.9 Å². The highest BCUT2D eigenvalue weighted by molar-refractivity contribution is 7.88. The Morgan fingerprint density at radius 1 is 1.11 bits per heavy atom. The van der Waals surface area contributed by atoms with E-state index in [1.54, 1.807) is 58.2 Å². The highest BCUT2D eigenvalue weighted by Gasteiger charge is 2.44. The maximum atomic E-state index is 13.8. The van der Waals surface area contributed by atoms with Gasteiger partial charge in [0.1, 0.15) is 11.3 Å². The van der Waals surface area contributed by atoms with E-state index >= 15 is 0 Å². The van der Waals surface area contributed by atoms with Gasteiger partial charge in [0, 0.05) is 22.8 Å². The summed E-state index contributed by atoms with van der Waals surface area (Å²) in [6.07, 6.45) is 0.287. The second kappa shape index (κ2) is 9.92. The lowest BCUT2D eigenvalue weighted by molar-refractivity contribution is 0.0932. The molecule has 198 valence electrons. The highest BCUT2D eigenvalue weighted by Crippen LogP contribution is 2.49. The van der Waals surface area contributed by atoms with Crippen LogP contribution in [0.4, 0.5) is 5.69 Å². The number of hydrogen-bond donors (Lipinski definition) is 2. The number of aromatic nitrogens is 1. The lowest BCUT2D eigenvalue weighted by Gasteiger charge is -2.24. The summed E-state index contributed by atoms with van der Waals surface area (Å²) in [5.74, 6) is 0.0392. The molecule has 3 aromatic rings. The normalized spacial score (nSPS) is 15.8. The number of anilines is 1. The summed E-state index contributed by atoms with van der Waals surface area (Å²) in [7, 11) is -3.57. The van der Waals surface area contributed by atoms with Crippen molar-refractivity contribution in [1.29, 1.82) is 0 Å². The molecule has 1 aromatic heterocycles. The van der Waals surface area contributed by atoms with Crippen LogP contribution in [0.1, 0.15) is 67.9 Å². The Kier molecular flexibility index (Phi) is 7.20. The first-order valence-electron chi connectivity index (χ1n) is 12.2. The number of hydrogen-bond acceptors (Lipinski definition) is 7. The first-order chi connectivity index (χ1) is 17.4. The molecule has 9 nitrogen and oxygen atoms in total. The van der Waals surface area contributed by atoms with Crippen molar-refractivity contribution in [2.75, 3.05) is 18.1 Å². The Morgan fingerprint density at radius 2 is 1.78 bits per heavy atom. The number of ether oxygens (including phenoxy) is 2. The molecule has 2 aromatic carbocycles. The summed E-state index contributed by atoms with van der Waals surface area (Å²) in [6, 6.07) is 8.60. The van der Waals surface area contributed by atoms with Crippen LogP contribution in [0.2, 0.25) is 0 Å². The molecule has 2 heterocycles. The van der Waals surface area contributed by atoms with Crippen molar-refractivity contribution < 1.29 is 27.8 Å². The van der Waals surface area contributed by atoms with Crippen molar-refractivity contribution >= 4 is 32.5 Å². The fraction of sp³-hybridized carbons (Fsp3) is 0.407. The molecule has 37 heavy (non-hydrogen) atoms. The van der Waals surface area contributed by atoms with Crippen molar-refractivity contribution in [1.82, 2.24) is 9.71 Å². The van der Waals surface area contributed by atoms with Crippen molar-refractivity contribution in [3.63, 3.8) is 0 Å². The number of pyridine rings is 1. The molecule has 0 spiro atoms. The van der Waals surface area contributed by atoms with Gasteiger partial charge in [0.15, 0.2) is 12.0 Å². The summed E-state index contributed by atoms with van der Waals surface area (Å²) in [5.41, 5.74) is 2.10. The van der Waals surface area contributed by atoms with Gasteiger partial charge < -0.3 is 14.6 Å². The van der Waals surface area contributed by atoms with E-state index in [4.69, 9.17) is 9.47 Å². The smallest absolute Gasteiger partial charge is 0.265 e. The summed E-state index contributed by atoms with van der Waals surface area (Å²) >= 11 is 0. The van der Waals surface area contributed by atoms with Crippen LogP contribution in [-0.4, -0.2) is 43.2 Å². The minimum atomic E-state index is -3.57. The number of aryl methyl sites for hydroxylation is 1. The number of amides is 1. The Balaban J connectivity index is 1.80. The molecular formula is C27H33N3O6S. The molecule has 4 rings (SSSR count). The zero-order valence-corrected chi connectivity index (χ0v) is 22.8. The molecule has 1 unspecified atom stereocenters. The molecule has 0 radical (unpaired) electrons. The minimum Gasteiger partial charge on any atom is -0.493 e. The van der Waals surface area contributed by atoms with Gasteiger partial charge >= 0.3 is 0 Å². The summed E-state index contributed by atoms with van der Waals surface area (Å²) in [4.78, 5) is 19.6. The zero-order valence-electron chi connectivity index (χ0n) is 22.0. The number of nitrogens with zero attached hydrogens (tertiary/aromatic N) is 2. The number of aliphatic hydroxyl groups excluding tert-OH is 1. The van der Waals surface area contributed by atoms with E-state index in [-0.39, 0.29) is 11.3 Å². The number of sulfonamides is 1. The monoisotopic (exact) mass is 527 g/mol. The van der Waals surface area contributed by atoms with E-state index in [0.717, 1.165) is 0 Å². The third kappa shape index (κ3) is 5.14. The van der Waals surface area contributed by atoms with Crippen LogP contribution in [0.15, 0.2) is 36.5 Å². The third-order valence-corrected chi connectivity index (χ3v) is 7.50. The van der Waals surface area contributed by atoms with Crippen LogP contribution in [-0.2, 0) is 15.8 Å². The van der Waals surface area contributed by atoms with Gasteiger partial charge in [-0.1, -0.05) is 12.1 Å². The molecule has 1 aliphatic heterocycles.